The summed E-state index contributed by atoms with van der Waals surface area (Å²) in [5, 5.41) is 3.24. The fourth-order valence-corrected chi connectivity index (χ4v) is 3.02. The predicted molar refractivity (Wildman–Crippen MR) is 75.2 cm³/mol. The van der Waals surface area contributed by atoms with Crippen molar-refractivity contribution in [1.82, 2.24) is 0 Å². The van der Waals surface area contributed by atoms with Gasteiger partial charge in [-0.2, -0.15) is 0 Å². The lowest BCUT2D eigenvalue weighted by atomic mass is 10.2. The Labute approximate surface area is 113 Å². The molecule has 1 nitrogen and oxygen atoms in total. The Morgan fingerprint density at radius 1 is 1.29 bits per heavy atom. The zero-order valence-electron chi connectivity index (χ0n) is 9.68. The molecule has 0 bridgehead atoms. The summed E-state index contributed by atoms with van der Waals surface area (Å²) in [6.07, 6.45) is 0. The first-order chi connectivity index (χ1) is 8.06. The number of benzene rings is 1. The summed E-state index contributed by atoms with van der Waals surface area (Å²) in [5.41, 5.74) is 2.05. The van der Waals surface area contributed by atoms with Crippen molar-refractivity contribution >= 4 is 33.0 Å². The Morgan fingerprint density at radius 3 is 2.71 bits per heavy atom. The first-order valence-electron chi connectivity index (χ1n) is 5.31. The smallest absolute Gasteiger partial charge is 0.125 e. The highest BCUT2D eigenvalue weighted by Crippen LogP contribution is 2.26. The van der Waals surface area contributed by atoms with Crippen LogP contribution in [0.15, 0.2) is 28.7 Å². The molecule has 0 aliphatic carbocycles. The van der Waals surface area contributed by atoms with Gasteiger partial charge in [0, 0.05) is 20.8 Å². The Morgan fingerprint density at radius 2 is 2.06 bits per heavy atom. The standard InChI is InChI=1S/C13H13BrFNS/c1-8-5-10(9(2)17-8)7-16-13-6-11(15)3-4-12(13)14/h3-6,16H,7H2,1-2H3. The molecule has 4 heteroatoms. The molecule has 0 radical (unpaired) electrons. The zero-order valence-corrected chi connectivity index (χ0v) is 12.1. The van der Waals surface area contributed by atoms with Gasteiger partial charge in [-0.15, -0.1) is 11.3 Å². The Balaban J connectivity index is 2.12. The molecule has 0 amide bonds. The fraction of sp³-hybridized carbons (Fsp3) is 0.231. The number of halogens is 2. The fourth-order valence-electron chi connectivity index (χ4n) is 1.68. The third kappa shape index (κ3) is 3.07. The van der Waals surface area contributed by atoms with Gasteiger partial charge in [0.05, 0.1) is 5.69 Å². The topological polar surface area (TPSA) is 12.0 Å². The maximum Gasteiger partial charge on any atom is 0.125 e. The molecule has 0 unspecified atom stereocenters. The molecule has 2 aromatic rings. The Hall–Kier alpha value is -0.870. The average Bonchev–Trinajstić information content (AvgIpc) is 2.59. The van der Waals surface area contributed by atoms with E-state index in [0.29, 0.717) is 0 Å². The van der Waals surface area contributed by atoms with E-state index >= 15 is 0 Å². The molecule has 1 N–H and O–H groups in total. The first kappa shape index (κ1) is 12.6. The van der Waals surface area contributed by atoms with E-state index < -0.39 is 0 Å². The van der Waals surface area contributed by atoms with Gasteiger partial charge in [-0.3, -0.25) is 0 Å². The van der Waals surface area contributed by atoms with Crippen LogP contribution in [0, 0.1) is 19.7 Å². The van der Waals surface area contributed by atoms with Crippen LogP contribution in [0.1, 0.15) is 15.3 Å². The molecule has 2 rings (SSSR count). The van der Waals surface area contributed by atoms with E-state index in [1.165, 1.54) is 27.5 Å². The lowest BCUT2D eigenvalue weighted by Gasteiger charge is -2.08. The van der Waals surface area contributed by atoms with Crippen molar-refractivity contribution in [3.63, 3.8) is 0 Å². The van der Waals surface area contributed by atoms with Gasteiger partial charge in [0.25, 0.3) is 0 Å². The van der Waals surface area contributed by atoms with Gasteiger partial charge >= 0.3 is 0 Å². The second-order valence-electron chi connectivity index (χ2n) is 3.92. The van der Waals surface area contributed by atoms with Crippen molar-refractivity contribution in [3.05, 3.63) is 49.9 Å². The monoisotopic (exact) mass is 313 g/mol. The molecular formula is C13H13BrFNS. The van der Waals surface area contributed by atoms with Gasteiger partial charge in [0.15, 0.2) is 0 Å². The van der Waals surface area contributed by atoms with Crippen LogP contribution < -0.4 is 5.32 Å². The van der Waals surface area contributed by atoms with E-state index in [1.54, 1.807) is 17.4 Å². The summed E-state index contributed by atoms with van der Waals surface area (Å²) >= 11 is 5.19. The summed E-state index contributed by atoms with van der Waals surface area (Å²) in [7, 11) is 0. The van der Waals surface area contributed by atoms with Crippen LogP contribution in [-0.2, 0) is 6.54 Å². The third-order valence-electron chi connectivity index (χ3n) is 2.54. The van der Waals surface area contributed by atoms with Gasteiger partial charge in [-0.25, -0.2) is 4.39 Å². The van der Waals surface area contributed by atoms with Crippen LogP contribution in [0.4, 0.5) is 10.1 Å². The Kier molecular flexibility index (Phi) is 3.84. The van der Waals surface area contributed by atoms with Gasteiger partial charge in [-0.05, 0) is 59.6 Å². The molecule has 0 saturated heterocycles. The summed E-state index contributed by atoms with van der Waals surface area (Å²) in [5.74, 6) is -0.228. The molecule has 17 heavy (non-hydrogen) atoms. The first-order valence-corrected chi connectivity index (χ1v) is 6.92. The highest BCUT2D eigenvalue weighted by Gasteiger charge is 2.05. The minimum absolute atomic E-state index is 0.228. The minimum Gasteiger partial charge on any atom is -0.380 e. The van der Waals surface area contributed by atoms with Crippen LogP contribution in [-0.4, -0.2) is 0 Å². The number of aryl methyl sites for hydroxylation is 2. The maximum atomic E-state index is 13.1. The minimum atomic E-state index is -0.228. The van der Waals surface area contributed by atoms with Gasteiger partial charge in [0.2, 0.25) is 0 Å². The number of rotatable bonds is 3. The molecule has 0 aliphatic rings. The second kappa shape index (κ2) is 5.19. The summed E-state index contributed by atoms with van der Waals surface area (Å²) in [6, 6.07) is 6.82. The van der Waals surface area contributed by atoms with E-state index in [0.717, 1.165) is 16.7 Å². The summed E-state index contributed by atoms with van der Waals surface area (Å²) in [4.78, 5) is 2.61. The largest absolute Gasteiger partial charge is 0.380 e. The van der Waals surface area contributed by atoms with Crippen LogP contribution in [0.25, 0.3) is 0 Å². The molecule has 0 spiro atoms. The van der Waals surface area contributed by atoms with Crippen LogP contribution in [0.2, 0.25) is 0 Å². The van der Waals surface area contributed by atoms with Crippen molar-refractivity contribution in [2.24, 2.45) is 0 Å². The van der Waals surface area contributed by atoms with Gasteiger partial charge < -0.3 is 5.32 Å². The van der Waals surface area contributed by atoms with E-state index in [4.69, 9.17) is 0 Å². The summed E-state index contributed by atoms with van der Waals surface area (Å²) in [6.45, 7) is 4.92. The molecule has 0 saturated carbocycles. The van der Waals surface area contributed by atoms with E-state index in [1.807, 2.05) is 0 Å². The molecular weight excluding hydrogens is 301 g/mol. The highest BCUT2D eigenvalue weighted by atomic mass is 79.9. The summed E-state index contributed by atoms with van der Waals surface area (Å²) < 4.78 is 14.0. The normalized spacial score (nSPS) is 10.6. The van der Waals surface area contributed by atoms with Gasteiger partial charge in [-0.1, -0.05) is 0 Å². The van der Waals surface area contributed by atoms with E-state index in [-0.39, 0.29) is 5.82 Å². The van der Waals surface area contributed by atoms with Crippen LogP contribution in [0.3, 0.4) is 0 Å². The molecule has 0 aliphatic heterocycles. The van der Waals surface area contributed by atoms with Crippen molar-refractivity contribution in [2.45, 2.75) is 20.4 Å². The van der Waals surface area contributed by atoms with Crippen molar-refractivity contribution in [2.75, 3.05) is 5.32 Å². The molecule has 1 aromatic carbocycles. The Bertz CT molecular complexity index is 536. The molecule has 90 valence electrons. The van der Waals surface area contributed by atoms with Crippen molar-refractivity contribution in [1.29, 1.82) is 0 Å². The molecule has 1 aromatic heterocycles. The lowest BCUT2D eigenvalue weighted by Crippen LogP contribution is -2.00. The molecule has 1 heterocycles. The number of anilines is 1. The molecule has 0 fully saturated rings. The van der Waals surface area contributed by atoms with Gasteiger partial charge in [0.1, 0.15) is 5.82 Å². The number of nitrogens with one attached hydrogen (secondary N) is 1. The SMILES string of the molecule is Cc1cc(CNc2cc(F)ccc2Br)c(C)s1. The van der Waals surface area contributed by atoms with E-state index in [9.17, 15) is 4.39 Å². The quantitative estimate of drug-likeness (QED) is 0.851. The number of hydrogen-bond donors (Lipinski definition) is 1. The highest BCUT2D eigenvalue weighted by molar-refractivity contribution is 9.10. The van der Waals surface area contributed by atoms with Crippen LogP contribution >= 0.6 is 27.3 Å². The van der Waals surface area contributed by atoms with Crippen molar-refractivity contribution in [3.8, 4) is 0 Å². The zero-order chi connectivity index (χ0) is 12.4. The second-order valence-corrected chi connectivity index (χ2v) is 6.23. The van der Waals surface area contributed by atoms with Crippen molar-refractivity contribution < 1.29 is 4.39 Å². The predicted octanol–water partition coefficient (Wildman–Crippen LogP) is 4.88. The third-order valence-corrected chi connectivity index (χ3v) is 4.24. The van der Waals surface area contributed by atoms with Crippen LogP contribution in [0.5, 0.6) is 0 Å². The lowest BCUT2D eigenvalue weighted by molar-refractivity contribution is 0.628. The number of thiophene rings is 1. The molecule has 0 atom stereocenters. The maximum absolute atomic E-state index is 13.1. The number of hydrogen-bond acceptors (Lipinski definition) is 2. The van der Waals surface area contributed by atoms with E-state index in [2.05, 4.69) is 41.2 Å². The average molecular weight is 314 g/mol.